The minimum atomic E-state index is 0.00546. The predicted octanol–water partition coefficient (Wildman–Crippen LogP) is 2.21. The third-order valence-electron chi connectivity index (χ3n) is 4.02. The van der Waals surface area contributed by atoms with E-state index >= 15 is 0 Å². The Bertz CT molecular complexity index is 653. The Hall–Kier alpha value is -2.14. The van der Waals surface area contributed by atoms with Gasteiger partial charge in [0.25, 0.3) is 0 Å². The Balaban J connectivity index is 1.84. The average Bonchev–Trinajstić information content (AvgIpc) is 2.56. The van der Waals surface area contributed by atoms with Crippen LogP contribution in [-0.2, 0) is 11.2 Å². The fourth-order valence-corrected chi connectivity index (χ4v) is 2.61. The van der Waals surface area contributed by atoms with E-state index in [1.807, 2.05) is 30.3 Å². The van der Waals surface area contributed by atoms with Crippen molar-refractivity contribution in [2.45, 2.75) is 26.7 Å². The van der Waals surface area contributed by atoms with Crippen molar-refractivity contribution in [3.05, 3.63) is 36.0 Å². The van der Waals surface area contributed by atoms with Crippen LogP contribution in [0.1, 0.15) is 26.0 Å². The number of nitrogens with two attached hydrogens (primary N) is 1. The summed E-state index contributed by atoms with van der Waals surface area (Å²) in [5, 5.41) is 3.95. The van der Waals surface area contributed by atoms with E-state index in [1.165, 1.54) is 0 Å². The zero-order valence-corrected chi connectivity index (χ0v) is 14.0. The maximum Gasteiger partial charge on any atom is 0.226 e. The van der Waals surface area contributed by atoms with Gasteiger partial charge >= 0.3 is 0 Å². The lowest BCUT2D eigenvalue weighted by Gasteiger charge is -2.17. The van der Waals surface area contributed by atoms with Crippen LogP contribution in [0.3, 0.4) is 0 Å². The fourth-order valence-electron chi connectivity index (χ4n) is 2.61. The number of hydrogen-bond donors (Lipinski definition) is 2. The molecule has 0 bridgehead atoms. The molecule has 5 heteroatoms. The molecule has 0 spiro atoms. The van der Waals surface area contributed by atoms with Gasteiger partial charge in [-0.05, 0) is 38.2 Å². The molecule has 0 radical (unpaired) electrons. The number of carbonyl (C=O) groups excluding carboxylic acids is 1. The molecule has 1 aromatic carbocycles. The van der Waals surface area contributed by atoms with Crippen LogP contribution >= 0.6 is 0 Å². The van der Waals surface area contributed by atoms with E-state index in [0.717, 1.165) is 42.7 Å². The molecule has 0 fully saturated rings. The molecule has 0 atom stereocenters. The highest BCUT2D eigenvalue weighted by atomic mass is 16.1. The standard InChI is InChI=1S/C18H26N4O/c1-3-22(4-2)12-6-11-20-17(23)13-15-10-9-14-7-5-8-16(19)18(14)21-15/h5,7-10H,3-4,6,11-13,19H2,1-2H3,(H,20,23). The number of nitrogens with zero attached hydrogens (tertiary/aromatic N) is 2. The van der Waals surface area contributed by atoms with Crippen molar-refractivity contribution in [3.63, 3.8) is 0 Å². The van der Waals surface area contributed by atoms with Gasteiger partial charge in [-0.15, -0.1) is 0 Å². The number of anilines is 1. The van der Waals surface area contributed by atoms with Crippen LogP contribution in [0.25, 0.3) is 10.9 Å². The molecule has 0 saturated heterocycles. The highest BCUT2D eigenvalue weighted by Gasteiger charge is 2.07. The van der Waals surface area contributed by atoms with Gasteiger partial charge < -0.3 is 16.0 Å². The normalized spacial score (nSPS) is 11.1. The molecule has 1 amide bonds. The second kappa shape index (κ2) is 8.48. The average molecular weight is 314 g/mol. The molecule has 2 aromatic rings. The first-order chi connectivity index (χ1) is 11.1. The number of nitrogen functional groups attached to an aromatic ring is 1. The molecule has 1 aromatic heterocycles. The first kappa shape index (κ1) is 17.2. The number of carbonyl (C=O) groups is 1. The second-order valence-corrected chi connectivity index (χ2v) is 5.63. The lowest BCUT2D eigenvalue weighted by Crippen LogP contribution is -2.30. The number of fused-ring (bicyclic) bond motifs is 1. The summed E-state index contributed by atoms with van der Waals surface area (Å²) in [6.45, 7) is 8.11. The van der Waals surface area contributed by atoms with Crippen molar-refractivity contribution >= 4 is 22.5 Å². The van der Waals surface area contributed by atoms with Crippen molar-refractivity contribution in [1.82, 2.24) is 15.2 Å². The molecule has 0 aliphatic carbocycles. The van der Waals surface area contributed by atoms with Gasteiger partial charge in [-0.2, -0.15) is 0 Å². The van der Waals surface area contributed by atoms with E-state index in [9.17, 15) is 4.79 Å². The summed E-state index contributed by atoms with van der Waals surface area (Å²) >= 11 is 0. The molecule has 0 saturated carbocycles. The molecule has 23 heavy (non-hydrogen) atoms. The minimum Gasteiger partial charge on any atom is -0.397 e. The third-order valence-corrected chi connectivity index (χ3v) is 4.02. The van der Waals surface area contributed by atoms with Crippen LogP contribution in [0.2, 0.25) is 0 Å². The Kier molecular flexibility index (Phi) is 6.35. The van der Waals surface area contributed by atoms with Gasteiger partial charge in [0.05, 0.1) is 23.3 Å². The number of nitrogens with one attached hydrogen (secondary N) is 1. The van der Waals surface area contributed by atoms with E-state index in [-0.39, 0.29) is 12.3 Å². The molecular formula is C18H26N4O. The molecule has 5 nitrogen and oxygen atoms in total. The molecule has 0 unspecified atom stereocenters. The molecule has 2 rings (SSSR count). The Morgan fingerprint density at radius 2 is 2.00 bits per heavy atom. The Morgan fingerprint density at radius 1 is 1.22 bits per heavy atom. The van der Waals surface area contributed by atoms with Crippen LogP contribution < -0.4 is 11.1 Å². The highest BCUT2D eigenvalue weighted by molar-refractivity contribution is 5.89. The first-order valence-electron chi connectivity index (χ1n) is 8.27. The van der Waals surface area contributed by atoms with Crippen LogP contribution in [0, 0.1) is 0 Å². The van der Waals surface area contributed by atoms with Crippen molar-refractivity contribution in [2.75, 3.05) is 31.9 Å². The topological polar surface area (TPSA) is 71.2 Å². The summed E-state index contributed by atoms with van der Waals surface area (Å²) in [4.78, 5) is 18.9. The Morgan fingerprint density at radius 3 is 2.74 bits per heavy atom. The minimum absolute atomic E-state index is 0.00546. The third kappa shape index (κ3) is 4.93. The lowest BCUT2D eigenvalue weighted by atomic mass is 10.1. The zero-order valence-electron chi connectivity index (χ0n) is 14.0. The van der Waals surface area contributed by atoms with E-state index in [4.69, 9.17) is 5.73 Å². The van der Waals surface area contributed by atoms with Gasteiger partial charge in [-0.1, -0.05) is 32.0 Å². The zero-order chi connectivity index (χ0) is 16.7. The van der Waals surface area contributed by atoms with Crippen molar-refractivity contribution in [2.24, 2.45) is 0 Å². The molecule has 0 aliphatic rings. The summed E-state index contributed by atoms with van der Waals surface area (Å²) in [5.74, 6) is 0.00546. The second-order valence-electron chi connectivity index (χ2n) is 5.63. The number of amides is 1. The van der Waals surface area contributed by atoms with Crippen LogP contribution in [0.5, 0.6) is 0 Å². The van der Waals surface area contributed by atoms with Crippen molar-refractivity contribution in [3.8, 4) is 0 Å². The summed E-state index contributed by atoms with van der Waals surface area (Å²) in [6.07, 6.45) is 1.25. The summed E-state index contributed by atoms with van der Waals surface area (Å²) in [7, 11) is 0. The lowest BCUT2D eigenvalue weighted by molar-refractivity contribution is -0.120. The maximum absolute atomic E-state index is 12.0. The van der Waals surface area contributed by atoms with Gasteiger partial charge in [0.15, 0.2) is 0 Å². The SMILES string of the molecule is CCN(CC)CCCNC(=O)Cc1ccc2cccc(N)c2n1. The number of aromatic nitrogens is 1. The van der Waals surface area contributed by atoms with Gasteiger partial charge in [0.1, 0.15) is 0 Å². The van der Waals surface area contributed by atoms with Crippen molar-refractivity contribution in [1.29, 1.82) is 0 Å². The Labute approximate surface area is 137 Å². The van der Waals surface area contributed by atoms with Gasteiger partial charge in [-0.3, -0.25) is 9.78 Å². The van der Waals surface area contributed by atoms with Crippen LogP contribution in [0.15, 0.2) is 30.3 Å². The summed E-state index contributed by atoms with van der Waals surface area (Å²) in [5.41, 5.74) is 8.09. The van der Waals surface area contributed by atoms with Crippen molar-refractivity contribution < 1.29 is 4.79 Å². The number of hydrogen-bond acceptors (Lipinski definition) is 4. The van der Waals surface area contributed by atoms with Gasteiger partial charge in [0, 0.05) is 11.9 Å². The van der Waals surface area contributed by atoms with E-state index < -0.39 is 0 Å². The number of pyridine rings is 1. The number of benzene rings is 1. The highest BCUT2D eigenvalue weighted by Crippen LogP contribution is 2.18. The molecule has 1 heterocycles. The molecule has 3 N–H and O–H groups in total. The fraction of sp³-hybridized carbons (Fsp3) is 0.444. The first-order valence-corrected chi connectivity index (χ1v) is 8.27. The largest absolute Gasteiger partial charge is 0.397 e. The van der Waals surface area contributed by atoms with E-state index in [0.29, 0.717) is 12.2 Å². The molecule has 124 valence electrons. The van der Waals surface area contributed by atoms with Gasteiger partial charge in [0.2, 0.25) is 5.91 Å². The number of para-hydroxylation sites is 1. The van der Waals surface area contributed by atoms with Crippen LogP contribution in [0.4, 0.5) is 5.69 Å². The summed E-state index contributed by atoms with van der Waals surface area (Å²) < 4.78 is 0. The number of rotatable bonds is 8. The smallest absolute Gasteiger partial charge is 0.226 e. The van der Waals surface area contributed by atoms with E-state index in [2.05, 4.69) is 29.0 Å². The molecular weight excluding hydrogens is 288 g/mol. The molecule has 0 aliphatic heterocycles. The summed E-state index contributed by atoms with van der Waals surface area (Å²) in [6, 6.07) is 9.54. The monoisotopic (exact) mass is 314 g/mol. The van der Waals surface area contributed by atoms with E-state index in [1.54, 1.807) is 0 Å². The predicted molar refractivity (Wildman–Crippen MR) is 95.3 cm³/mol. The van der Waals surface area contributed by atoms with Crippen LogP contribution in [-0.4, -0.2) is 42.0 Å². The quantitative estimate of drug-likeness (QED) is 0.579. The van der Waals surface area contributed by atoms with Gasteiger partial charge in [-0.25, -0.2) is 0 Å². The maximum atomic E-state index is 12.0.